The average Bonchev–Trinajstić information content (AvgIpc) is 2.70. The molecule has 3 rings (SSSR count). The molecule has 0 bridgehead atoms. The molecule has 0 radical (unpaired) electrons. The third kappa shape index (κ3) is 5.69. The van der Waals surface area contributed by atoms with E-state index >= 15 is 0 Å². The first-order valence-corrected chi connectivity index (χ1v) is 9.80. The van der Waals surface area contributed by atoms with E-state index < -0.39 is 0 Å². The van der Waals surface area contributed by atoms with Crippen molar-refractivity contribution >= 4 is 35.1 Å². The summed E-state index contributed by atoms with van der Waals surface area (Å²) >= 11 is 6.25. The number of amides is 1. The van der Waals surface area contributed by atoms with E-state index in [9.17, 15) is 9.90 Å². The molecule has 0 aliphatic rings. The second kappa shape index (κ2) is 9.39. The number of carbonyl (C=O) groups excluding carboxylic acids is 1. The molecule has 5 heteroatoms. The number of phenolic OH excluding ortho intramolecular Hbond substituents is 1. The number of nitrogens with zero attached hydrogens (tertiary/aromatic N) is 1. The summed E-state index contributed by atoms with van der Waals surface area (Å²) in [6.45, 7) is 3.69. The summed E-state index contributed by atoms with van der Waals surface area (Å²) in [6.07, 6.45) is 2.28. The van der Waals surface area contributed by atoms with Crippen molar-refractivity contribution in [2.75, 3.05) is 5.32 Å². The van der Waals surface area contributed by atoms with E-state index in [1.165, 1.54) is 0 Å². The predicted octanol–water partition coefficient (Wildman–Crippen LogP) is 5.98. The standard InChI is InChI=1S/C24H23ClN2O2/c1-16(2)24(29)27-21-8-5-7-20(14-21)26-15-19-13-17(10-11-23(19)28)12-18-6-3-4-9-22(18)25/h3-11,13-16,28H,12H2,1-2H3,(H,27,29). The number of benzene rings is 3. The van der Waals surface area contributed by atoms with E-state index in [0.717, 1.165) is 16.1 Å². The summed E-state index contributed by atoms with van der Waals surface area (Å²) < 4.78 is 0. The Morgan fingerprint density at radius 3 is 2.66 bits per heavy atom. The highest BCUT2D eigenvalue weighted by Crippen LogP contribution is 2.24. The Bertz CT molecular complexity index is 1040. The number of halogens is 1. The zero-order valence-electron chi connectivity index (χ0n) is 16.4. The van der Waals surface area contributed by atoms with Crippen LogP contribution in [-0.4, -0.2) is 17.2 Å². The fourth-order valence-corrected chi connectivity index (χ4v) is 2.98. The number of hydrogen-bond donors (Lipinski definition) is 2. The second-order valence-corrected chi connectivity index (χ2v) is 7.52. The molecule has 0 aromatic heterocycles. The quantitative estimate of drug-likeness (QED) is 0.494. The summed E-state index contributed by atoms with van der Waals surface area (Å²) in [7, 11) is 0. The van der Waals surface area contributed by atoms with Crippen molar-refractivity contribution in [3.63, 3.8) is 0 Å². The van der Waals surface area contributed by atoms with Crippen molar-refractivity contribution in [1.29, 1.82) is 0 Å². The Morgan fingerprint density at radius 1 is 1.10 bits per heavy atom. The number of carbonyl (C=O) groups is 1. The molecule has 0 saturated heterocycles. The molecule has 2 N–H and O–H groups in total. The largest absolute Gasteiger partial charge is 0.507 e. The third-order valence-corrected chi connectivity index (χ3v) is 4.80. The number of hydrogen-bond acceptors (Lipinski definition) is 3. The lowest BCUT2D eigenvalue weighted by molar-refractivity contribution is -0.118. The van der Waals surface area contributed by atoms with Crippen LogP contribution in [0.4, 0.5) is 11.4 Å². The average molecular weight is 407 g/mol. The van der Waals surface area contributed by atoms with Gasteiger partial charge in [0, 0.05) is 28.4 Å². The van der Waals surface area contributed by atoms with Gasteiger partial charge in [0.2, 0.25) is 5.91 Å². The highest BCUT2D eigenvalue weighted by atomic mass is 35.5. The van der Waals surface area contributed by atoms with Crippen molar-refractivity contribution in [3.05, 3.63) is 88.4 Å². The topological polar surface area (TPSA) is 61.7 Å². The van der Waals surface area contributed by atoms with Crippen LogP contribution in [0.15, 0.2) is 71.7 Å². The van der Waals surface area contributed by atoms with E-state index in [1.54, 1.807) is 18.3 Å². The van der Waals surface area contributed by atoms with E-state index in [0.29, 0.717) is 23.4 Å². The first-order chi connectivity index (χ1) is 13.9. The van der Waals surface area contributed by atoms with Gasteiger partial charge in [-0.15, -0.1) is 0 Å². The maximum Gasteiger partial charge on any atom is 0.226 e. The van der Waals surface area contributed by atoms with Crippen LogP contribution in [0, 0.1) is 5.92 Å². The van der Waals surface area contributed by atoms with Crippen LogP contribution < -0.4 is 5.32 Å². The minimum absolute atomic E-state index is 0.0453. The van der Waals surface area contributed by atoms with Crippen LogP contribution in [0.2, 0.25) is 5.02 Å². The molecule has 0 aliphatic heterocycles. The van der Waals surface area contributed by atoms with Gasteiger partial charge in [0.25, 0.3) is 0 Å². The molecule has 0 unspecified atom stereocenters. The Kier molecular flexibility index (Phi) is 6.68. The van der Waals surface area contributed by atoms with Gasteiger partial charge in [-0.05, 0) is 53.9 Å². The first-order valence-electron chi connectivity index (χ1n) is 9.42. The lowest BCUT2D eigenvalue weighted by Gasteiger charge is -2.08. The molecule has 0 spiro atoms. The maximum atomic E-state index is 11.9. The fraction of sp³-hybridized carbons (Fsp3) is 0.167. The molecule has 0 heterocycles. The van der Waals surface area contributed by atoms with Crippen LogP contribution in [0.5, 0.6) is 5.75 Å². The van der Waals surface area contributed by atoms with Crippen LogP contribution >= 0.6 is 11.6 Å². The second-order valence-electron chi connectivity index (χ2n) is 7.11. The summed E-state index contributed by atoms with van der Waals surface area (Å²) in [5, 5.41) is 13.8. The Labute approximate surface area is 175 Å². The summed E-state index contributed by atoms with van der Waals surface area (Å²) in [5.41, 5.74) is 4.04. The van der Waals surface area contributed by atoms with Crippen molar-refractivity contribution < 1.29 is 9.90 Å². The van der Waals surface area contributed by atoms with Crippen LogP contribution in [0.3, 0.4) is 0 Å². The number of rotatable bonds is 6. The lowest BCUT2D eigenvalue weighted by atomic mass is 10.0. The Hall–Kier alpha value is -3.11. The number of anilines is 1. The van der Waals surface area contributed by atoms with E-state index in [-0.39, 0.29) is 17.6 Å². The SMILES string of the molecule is CC(C)C(=O)Nc1cccc(N=Cc2cc(Cc3ccccc3Cl)ccc2O)c1. The molecule has 1 amide bonds. The summed E-state index contributed by atoms with van der Waals surface area (Å²) in [5.74, 6) is 0.0111. The molecule has 0 atom stereocenters. The fourth-order valence-electron chi connectivity index (χ4n) is 2.77. The van der Waals surface area contributed by atoms with Gasteiger partial charge in [-0.3, -0.25) is 9.79 Å². The maximum absolute atomic E-state index is 11.9. The van der Waals surface area contributed by atoms with Gasteiger partial charge in [-0.1, -0.05) is 55.8 Å². The Balaban J connectivity index is 1.78. The zero-order valence-corrected chi connectivity index (χ0v) is 17.1. The molecule has 0 fully saturated rings. The predicted molar refractivity (Wildman–Crippen MR) is 120 cm³/mol. The Morgan fingerprint density at radius 2 is 1.90 bits per heavy atom. The van der Waals surface area contributed by atoms with Gasteiger partial charge in [-0.2, -0.15) is 0 Å². The molecule has 3 aromatic carbocycles. The van der Waals surface area contributed by atoms with Gasteiger partial charge >= 0.3 is 0 Å². The van der Waals surface area contributed by atoms with Gasteiger partial charge < -0.3 is 10.4 Å². The van der Waals surface area contributed by atoms with Crippen molar-refractivity contribution in [3.8, 4) is 5.75 Å². The van der Waals surface area contributed by atoms with Crippen LogP contribution in [-0.2, 0) is 11.2 Å². The smallest absolute Gasteiger partial charge is 0.226 e. The molecule has 3 aromatic rings. The van der Waals surface area contributed by atoms with Gasteiger partial charge in [0.05, 0.1) is 5.69 Å². The van der Waals surface area contributed by atoms with Crippen LogP contribution in [0.25, 0.3) is 0 Å². The van der Waals surface area contributed by atoms with Crippen molar-refractivity contribution in [2.45, 2.75) is 20.3 Å². The molecule has 0 saturated carbocycles. The minimum Gasteiger partial charge on any atom is -0.507 e. The summed E-state index contributed by atoms with van der Waals surface area (Å²) in [4.78, 5) is 16.3. The lowest BCUT2D eigenvalue weighted by Crippen LogP contribution is -2.17. The number of aromatic hydroxyl groups is 1. The number of phenols is 1. The highest BCUT2D eigenvalue weighted by Gasteiger charge is 2.07. The van der Waals surface area contributed by atoms with E-state index in [4.69, 9.17) is 11.6 Å². The molecule has 0 aliphatic carbocycles. The molecule has 4 nitrogen and oxygen atoms in total. The molecular weight excluding hydrogens is 384 g/mol. The van der Waals surface area contributed by atoms with Gasteiger partial charge in [0.1, 0.15) is 5.75 Å². The molecular formula is C24H23ClN2O2. The van der Waals surface area contributed by atoms with Gasteiger partial charge in [0.15, 0.2) is 0 Å². The van der Waals surface area contributed by atoms with Crippen LogP contribution in [0.1, 0.15) is 30.5 Å². The number of aliphatic imine (C=N–C) groups is 1. The first kappa shape index (κ1) is 20.6. The minimum atomic E-state index is -0.0973. The monoisotopic (exact) mass is 406 g/mol. The van der Waals surface area contributed by atoms with Crippen molar-refractivity contribution in [2.24, 2.45) is 10.9 Å². The molecule has 148 valence electrons. The normalized spacial score (nSPS) is 11.2. The van der Waals surface area contributed by atoms with E-state index in [2.05, 4.69) is 10.3 Å². The highest BCUT2D eigenvalue weighted by molar-refractivity contribution is 6.31. The van der Waals surface area contributed by atoms with E-state index in [1.807, 2.05) is 68.4 Å². The third-order valence-electron chi connectivity index (χ3n) is 4.44. The number of nitrogens with one attached hydrogen (secondary N) is 1. The van der Waals surface area contributed by atoms with Crippen molar-refractivity contribution in [1.82, 2.24) is 0 Å². The summed E-state index contributed by atoms with van der Waals surface area (Å²) in [6, 6.07) is 20.4. The van der Waals surface area contributed by atoms with Gasteiger partial charge in [-0.25, -0.2) is 0 Å². The molecule has 29 heavy (non-hydrogen) atoms. The zero-order chi connectivity index (χ0) is 20.8.